The van der Waals surface area contributed by atoms with E-state index >= 15 is 0 Å². The fraction of sp³-hybridized carbons (Fsp3) is 0.909. The Hall–Kier alpha value is -0.370. The number of hydrogen-bond donors (Lipinski definition) is 0. The summed E-state index contributed by atoms with van der Waals surface area (Å²) < 4.78 is 0. The number of carbonyl (C=O) groups is 1. The molecule has 0 aromatic heterocycles. The van der Waals surface area contributed by atoms with Gasteiger partial charge in [0, 0.05) is 19.0 Å². The molecule has 0 aromatic rings. The number of carbonyl (C=O) groups excluding carboxylic acids is 1. The predicted molar refractivity (Wildman–Crippen MR) is 54.7 cm³/mol. The van der Waals surface area contributed by atoms with E-state index in [1.807, 2.05) is 0 Å². The van der Waals surface area contributed by atoms with Crippen LogP contribution in [0.1, 0.15) is 40.0 Å². The van der Waals surface area contributed by atoms with Gasteiger partial charge in [-0.1, -0.05) is 13.8 Å². The molecule has 1 aliphatic heterocycles. The third-order valence-corrected chi connectivity index (χ3v) is 2.82. The van der Waals surface area contributed by atoms with Crippen LogP contribution in [0.5, 0.6) is 0 Å². The second kappa shape index (κ2) is 4.75. The maximum absolute atomic E-state index is 11.4. The summed E-state index contributed by atoms with van der Waals surface area (Å²) in [6.45, 7) is 8.34. The summed E-state index contributed by atoms with van der Waals surface area (Å²) in [7, 11) is 0. The average molecular weight is 183 g/mol. The molecule has 76 valence electrons. The molecule has 2 heteroatoms. The number of likely N-dealkylation sites (tertiary alicyclic amines) is 1. The summed E-state index contributed by atoms with van der Waals surface area (Å²) in [6, 6.07) is 0.607. The lowest BCUT2D eigenvalue weighted by atomic mass is 10.1. The van der Waals surface area contributed by atoms with Gasteiger partial charge < -0.3 is 0 Å². The lowest BCUT2D eigenvalue weighted by Crippen LogP contribution is -2.32. The molecular formula is C11H21NO. The zero-order valence-corrected chi connectivity index (χ0v) is 9.05. The molecular weight excluding hydrogens is 162 g/mol. The van der Waals surface area contributed by atoms with Crippen LogP contribution >= 0.6 is 0 Å². The number of Topliss-reactive ketones (excluding diaryl/α,β-unsaturated/α-hetero) is 1. The molecule has 0 amide bonds. The van der Waals surface area contributed by atoms with Crippen molar-refractivity contribution < 1.29 is 4.79 Å². The van der Waals surface area contributed by atoms with Crippen LogP contribution in [-0.4, -0.2) is 29.8 Å². The van der Waals surface area contributed by atoms with Gasteiger partial charge in [-0.3, -0.25) is 9.69 Å². The SMILES string of the molecule is CCCC(=O)CN1CC(C)CC1C. The Morgan fingerprint density at radius 2 is 2.15 bits per heavy atom. The molecule has 2 unspecified atom stereocenters. The topological polar surface area (TPSA) is 20.3 Å². The van der Waals surface area contributed by atoms with Gasteiger partial charge in [-0.2, -0.15) is 0 Å². The molecule has 1 fully saturated rings. The summed E-state index contributed by atoms with van der Waals surface area (Å²) in [4.78, 5) is 13.7. The van der Waals surface area contributed by atoms with Crippen LogP contribution < -0.4 is 0 Å². The largest absolute Gasteiger partial charge is 0.298 e. The van der Waals surface area contributed by atoms with E-state index in [2.05, 4.69) is 25.7 Å². The minimum Gasteiger partial charge on any atom is -0.298 e. The summed E-state index contributed by atoms with van der Waals surface area (Å²) in [5.41, 5.74) is 0. The van der Waals surface area contributed by atoms with Gasteiger partial charge in [-0.25, -0.2) is 0 Å². The second-order valence-electron chi connectivity index (χ2n) is 4.41. The highest BCUT2D eigenvalue weighted by atomic mass is 16.1. The van der Waals surface area contributed by atoms with Gasteiger partial charge in [0.05, 0.1) is 6.54 Å². The Morgan fingerprint density at radius 3 is 2.62 bits per heavy atom. The third kappa shape index (κ3) is 3.11. The lowest BCUT2D eigenvalue weighted by molar-refractivity contribution is -0.120. The van der Waals surface area contributed by atoms with Gasteiger partial charge in [0.25, 0.3) is 0 Å². The molecule has 0 saturated carbocycles. The van der Waals surface area contributed by atoms with E-state index in [4.69, 9.17) is 0 Å². The summed E-state index contributed by atoms with van der Waals surface area (Å²) in [5, 5.41) is 0. The number of hydrogen-bond acceptors (Lipinski definition) is 2. The first kappa shape index (κ1) is 10.7. The molecule has 1 heterocycles. The molecule has 0 bridgehead atoms. The lowest BCUT2D eigenvalue weighted by Gasteiger charge is -2.19. The van der Waals surface area contributed by atoms with E-state index < -0.39 is 0 Å². The average Bonchev–Trinajstić information content (AvgIpc) is 2.30. The van der Waals surface area contributed by atoms with E-state index in [1.54, 1.807) is 0 Å². The van der Waals surface area contributed by atoms with Gasteiger partial charge in [-0.15, -0.1) is 0 Å². The first-order chi connectivity index (χ1) is 6.13. The van der Waals surface area contributed by atoms with Crippen LogP contribution in [0, 0.1) is 5.92 Å². The van der Waals surface area contributed by atoms with Gasteiger partial charge in [-0.05, 0) is 25.7 Å². The van der Waals surface area contributed by atoms with Crippen molar-refractivity contribution >= 4 is 5.78 Å². The molecule has 0 aromatic carbocycles. The van der Waals surface area contributed by atoms with Crippen molar-refractivity contribution in [1.29, 1.82) is 0 Å². The van der Waals surface area contributed by atoms with E-state index in [0.29, 0.717) is 18.4 Å². The van der Waals surface area contributed by atoms with Crippen LogP contribution in [0.4, 0.5) is 0 Å². The maximum Gasteiger partial charge on any atom is 0.146 e. The number of ketones is 1. The first-order valence-corrected chi connectivity index (χ1v) is 5.39. The van der Waals surface area contributed by atoms with Gasteiger partial charge in [0.2, 0.25) is 0 Å². The maximum atomic E-state index is 11.4. The van der Waals surface area contributed by atoms with Crippen molar-refractivity contribution in [3.8, 4) is 0 Å². The summed E-state index contributed by atoms with van der Waals surface area (Å²) in [6.07, 6.45) is 2.98. The highest BCUT2D eigenvalue weighted by Crippen LogP contribution is 2.21. The van der Waals surface area contributed by atoms with Crippen molar-refractivity contribution in [3.63, 3.8) is 0 Å². The van der Waals surface area contributed by atoms with Gasteiger partial charge in [0.15, 0.2) is 0 Å². The van der Waals surface area contributed by atoms with Crippen LogP contribution in [0.2, 0.25) is 0 Å². The molecule has 1 aliphatic rings. The van der Waals surface area contributed by atoms with E-state index in [1.165, 1.54) is 6.42 Å². The third-order valence-electron chi connectivity index (χ3n) is 2.82. The minimum absolute atomic E-state index is 0.406. The van der Waals surface area contributed by atoms with Crippen LogP contribution in [0.15, 0.2) is 0 Å². The summed E-state index contributed by atoms with van der Waals surface area (Å²) in [5.74, 6) is 1.17. The molecule has 0 radical (unpaired) electrons. The predicted octanol–water partition coefficient (Wildman–Crippen LogP) is 2.09. The highest BCUT2D eigenvalue weighted by molar-refractivity contribution is 5.80. The molecule has 13 heavy (non-hydrogen) atoms. The van der Waals surface area contributed by atoms with Crippen molar-refractivity contribution in [2.45, 2.75) is 46.1 Å². The van der Waals surface area contributed by atoms with Crippen molar-refractivity contribution in [2.24, 2.45) is 5.92 Å². The van der Waals surface area contributed by atoms with Crippen LogP contribution in [0.25, 0.3) is 0 Å². The quantitative estimate of drug-likeness (QED) is 0.665. The fourth-order valence-corrected chi connectivity index (χ4v) is 2.19. The highest BCUT2D eigenvalue weighted by Gasteiger charge is 2.26. The number of nitrogens with zero attached hydrogens (tertiary/aromatic N) is 1. The molecule has 0 aliphatic carbocycles. The minimum atomic E-state index is 0.406. The normalized spacial score (nSPS) is 29.5. The van der Waals surface area contributed by atoms with Crippen molar-refractivity contribution in [1.82, 2.24) is 4.90 Å². The molecule has 2 nitrogen and oxygen atoms in total. The molecule has 0 N–H and O–H groups in total. The zero-order valence-electron chi connectivity index (χ0n) is 9.05. The van der Waals surface area contributed by atoms with E-state index in [9.17, 15) is 4.79 Å². The Kier molecular flexibility index (Phi) is 3.91. The monoisotopic (exact) mass is 183 g/mol. The number of rotatable bonds is 4. The standard InChI is InChI=1S/C11H21NO/c1-4-5-11(13)8-12-7-9(2)6-10(12)3/h9-10H,4-8H2,1-3H3. The summed E-state index contributed by atoms with van der Waals surface area (Å²) >= 11 is 0. The van der Waals surface area contributed by atoms with E-state index in [-0.39, 0.29) is 0 Å². The van der Waals surface area contributed by atoms with Crippen LogP contribution in [-0.2, 0) is 4.79 Å². The fourth-order valence-electron chi connectivity index (χ4n) is 2.19. The van der Waals surface area contributed by atoms with E-state index in [0.717, 1.165) is 25.3 Å². The molecule has 1 saturated heterocycles. The Bertz CT molecular complexity index is 179. The molecule has 1 rings (SSSR count). The molecule has 0 spiro atoms. The van der Waals surface area contributed by atoms with Crippen molar-refractivity contribution in [3.05, 3.63) is 0 Å². The van der Waals surface area contributed by atoms with Crippen LogP contribution in [0.3, 0.4) is 0 Å². The Morgan fingerprint density at radius 1 is 1.46 bits per heavy atom. The smallest absolute Gasteiger partial charge is 0.146 e. The molecule has 2 atom stereocenters. The Labute approximate surface area is 81.3 Å². The first-order valence-electron chi connectivity index (χ1n) is 5.39. The zero-order chi connectivity index (χ0) is 9.84. The van der Waals surface area contributed by atoms with Gasteiger partial charge in [0.1, 0.15) is 5.78 Å². The Balaban J connectivity index is 2.32. The van der Waals surface area contributed by atoms with Crippen molar-refractivity contribution in [2.75, 3.05) is 13.1 Å². The second-order valence-corrected chi connectivity index (χ2v) is 4.41. The van der Waals surface area contributed by atoms with Gasteiger partial charge >= 0.3 is 0 Å².